The van der Waals surface area contributed by atoms with Crippen molar-refractivity contribution in [2.45, 2.75) is 44.2 Å². The van der Waals surface area contributed by atoms with E-state index in [2.05, 4.69) is 6.92 Å². The Balaban J connectivity index is 2.73. The number of unbranched alkanes of at least 4 members (excludes halogenated alkanes) is 1. The smallest absolute Gasteiger partial charge is 0.131 e. The van der Waals surface area contributed by atoms with Gasteiger partial charge in [0.1, 0.15) is 37.5 Å². The molecule has 0 amide bonds. The van der Waals surface area contributed by atoms with Gasteiger partial charge in [0.2, 0.25) is 0 Å². The number of hydrogen-bond donors (Lipinski definition) is 4. The van der Waals surface area contributed by atoms with Gasteiger partial charge < -0.3 is 24.9 Å². The molecule has 0 saturated carbocycles. The van der Waals surface area contributed by atoms with Gasteiger partial charge in [-0.25, -0.2) is 0 Å². The van der Waals surface area contributed by atoms with Crippen LogP contribution >= 0.6 is 0 Å². The van der Waals surface area contributed by atoms with Crippen LogP contribution in [-0.4, -0.2) is 76.0 Å². The van der Waals surface area contributed by atoms with Crippen LogP contribution in [0.1, 0.15) is 19.8 Å². The summed E-state index contributed by atoms with van der Waals surface area (Å²) in [7, 11) is 1.94. The maximum absolute atomic E-state index is 9.74. The third-order valence-corrected chi connectivity index (χ3v) is 3.45. The molecule has 1 heterocycles. The Kier molecular flexibility index (Phi) is 4.70. The van der Waals surface area contributed by atoms with E-state index >= 15 is 0 Å². The van der Waals surface area contributed by atoms with Crippen LogP contribution in [0.2, 0.25) is 0 Å². The Hall–Kier alpha value is -0.200. The van der Waals surface area contributed by atoms with E-state index < -0.39 is 24.4 Å². The lowest BCUT2D eigenvalue weighted by Gasteiger charge is -2.35. The molecular weight excluding hydrogens is 210 g/mol. The van der Waals surface area contributed by atoms with Crippen molar-refractivity contribution in [1.29, 1.82) is 0 Å². The summed E-state index contributed by atoms with van der Waals surface area (Å²) in [6.45, 7) is 3.66. The molecule has 1 fully saturated rings. The molecule has 0 aromatic carbocycles. The van der Waals surface area contributed by atoms with Gasteiger partial charge in [-0.1, -0.05) is 13.3 Å². The van der Waals surface area contributed by atoms with Gasteiger partial charge in [-0.15, -0.1) is 0 Å². The molecule has 1 aliphatic heterocycles. The van der Waals surface area contributed by atoms with Crippen molar-refractivity contribution in [3.63, 3.8) is 0 Å². The fourth-order valence-corrected chi connectivity index (χ4v) is 2.37. The normalized spacial score (nSPS) is 45.4. The van der Waals surface area contributed by atoms with E-state index in [1.165, 1.54) is 0 Å². The Morgan fingerprint density at radius 1 is 1.00 bits per heavy atom. The summed E-state index contributed by atoms with van der Waals surface area (Å²) in [5.41, 5.74) is 0. The minimum atomic E-state index is -1.25. The van der Waals surface area contributed by atoms with Crippen molar-refractivity contribution >= 4 is 0 Å². The maximum atomic E-state index is 9.74. The fraction of sp³-hybridized carbons (Fsp3) is 1.00. The van der Waals surface area contributed by atoms with Crippen LogP contribution in [-0.2, 0) is 0 Å². The third-order valence-electron chi connectivity index (χ3n) is 3.45. The van der Waals surface area contributed by atoms with Gasteiger partial charge in [-0.3, -0.25) is 0 Å². The second-order valence-corrected chi connectivity index (χ2v) is 5.18. The Bertz CT molecular complexity index is 208. The van der Waals surface area contributed by atoms with Gasteiger partial charge >= 0.3 is 0 Å². The summed E-state index contributed by atoms with van der Waals surface area (Å²) in [4.78, 5) is 0. The molecule has 0 aromatic heterocycles. The van der Waals surface area contributed by atoms with Crippen LogP contribution in [0.5, 0.6) is 0 Å². The standard InChI is InChI=1S/C11H24NO4/c1-3-4-5-12(2)6-8(13)10(15)11(16)9(14)7-12/h8-11,13-16H,3-7H2,1-2H3/q+1/t8-,9-,10-,11-/m1/s1. The fourth-order valence-electron chi connectivity index (χ4n) is 2.37. The second kappa shape index (κ2) is 5.42. The van der Waals surface area contributed by atoms with E-state index in [-0.39, 0.29) is 0 Å². The molecule has 96 valence electrons. The summed E-state index contributed by atoms with van der Waals surface area (Å²) in [5, 5.41) is 38.7. The number of aliphatic hydroxyl groups excluding tert-OH is 4. The highest BCUT2D eigenvalue weighted by Crippen LogP contribution is 2.19. The van der Waals surface area contributed by atoms with E-state index in [0.29, 0.717) is 17.6 Å². The van der Waals surface area contributed by atoms with Crippen LogP contribution in [0.15, 0.2) is 0 Å². The predicted molar refractivity (Wildman–Crippen MR) is 59.7 cm³/mol. The molecule has 1 rings (SSSR count). The molecule has 4 N–H and O–H groups in total. The molecule has 5 heteroatoms. The van der Waals surface area contributed by atoms with E-state index in [1.807, 2.05) is 7.05 Å². The van der Waals surface area contributed by atoms with Gasteiger partial charge in [-0.05, 0) is 6.42 Å². The van der Waals surface area contributed by atoms with Gasteiger partial charge in [0, 0.05) is 0 Å². The molecule has 16 heavy (non-hydrogen) atoms. The first-order chi connectivity index (χ1) is 7.39. The summed E-state index contributed by atoms with van der Waals surface area (Å²) < 4.78 is 0.490. The minimum absolute atomic E-state index is 0.370. The third kappa shape index (κ3) is 3.15. The lowest BCUT2D eigenvalue weighted by atomic mass is 10.1. The van der Waals surface area contributed by atoms with Crippen molar-refractivity contribution in [3.05, 3.63) is 0 Å². The van der Waals surface area contributed by atoms with Crippen LogP contribution in [0, 0.1) is 0 Å². The lowest BCUT2D eigenvalue weighted by molar-refractivity contribution is -0.914. The van der Waals surface area contributed by atoms with Gasteiger partial charge in [0.25, 0.3) is 0 Å². The lowest BCUT2D eigenvalue weighted by Crippen LogP contribution is -2.52. The first kappa shape index (κ1) is 13.9. The average Bonchev–Trinajstić information content (AvgIpc) is 2.29. The molecule has 4 atom stereocenters. The summed E-state index contributed by atoms with van der Waals surface area (Å²) in [5.74, 6) is 0. The minimum Gasteiger partial charge on any atom is -0.387 e. The quantitative estimate of drug-likeness (QED) is 0.457. The zero-order chi connectivity index (χ0) is 12.3. The molecule has 0 bridgehead atoms. The molecule has 0 aliphatic carbocycles. The van der Waals surface area contributed by atoms with Crippen molar-refractivity contribution < 1.29 is 24.9 Å². The molecule has 1 aliphatic rings. The van der Waals surface area contributed by atoms with E-state index in [9.17, 15) is 20.4 Å². The van der Waals surface area contributed by atoms with Crippen molar-refractivity contribution in [2.75, 3.05) is 26.7 Å². The first-order valence-corrected chi connectivity index (χ1v) is 5.95. The number of quaternary nitrogens is 1. The average molecular weight is 234 g/mol. The molecule has 0 aromatic rings. The Morgan fingerprint density at radius 2 is 1.44 bits per heavy atom. The van der Waals surface area contributed by atoms with Gasteiger partial charge in [-0.2, -0.15) is 0 Å². The summed E-state index contributed by atoms with van der Waals surface area (Å²) in [6, 6.07) is 0. The molecule has 0 unspecified atom stereocenters. The Morgan fingerprint density at radius 3 is 1.81 bits per heavy atom. The monoisotopic (exact) mass is 234 g/mol. The highest BCUT2D eigenvalue weighted by Gasteiger charge is 2.42. The van der Waals surface area contributed by atoms with Crippen LogP contribution < -0.4 is 0 Å². The molecule has 0 radical (unpaired) electrons. The van der Waals surface area contributed by atoms with Crippen molar-refractivity contribution in [3.8, 4) is 0 Å². The maximum Gasteiger partial charge on any atom is 0.131 e. The number of hydrogen-bond acceptors (Lipinski definition) is 4. The largest absolute Gasteiger partial charge is 0.387 e. The second-order valence-electron chi connectivity index (χ2n) is 5.18. The van der Waals surface area contributed by atoms with Crippen molar-refractivity contribution in [2.24, 2.45) is 0 Å². The number of aliphatic hydroxyl groups is 4. The van der Waals surface area contributed by atoms with E-state index in [1.54, 1.807) is 0 Å². The number of nitrogens with zero attached hydrogens (tertiary/aromatic N) is 1. The van der Waals surface area contributed by atoms with Crippen LogP contribution in [0.25, 0.3) is 0 Å². The topological polar surface area (TPSA) is 80.9 Å². The highest BCUT2D eigenvalue weighted by atomic mass is 16.4. The van der Waals surface area contributed by atoms with Crippen LogP contribution in [0.4, 0.5) is 0 Å². The zero-order valence-electron chi connectivity index (χ0n) is 10.1. The van der Waals surface area contributed by atoms with Gasteiger partial charge in [0.15, 0.2) is 0 Å². The highest BCUT2D eigenvalue weighted by molar-refractivity contribution is 4.84. The molecule has 0 spiro atoms. The molecule has 5 nitrogen and oxygen atoms in total. The van der Waals surface area contributed by atoms with E-state index in [4.69, 9.17) is 0 Å². The van der Waals surface area contributed by atoms with Crippen molar-refractivity contribution in [1.82, 2.24) is 0 Å². The summed E-state index contributed by atoms with van der Waals surface area (Å²) >= 11 is 0. The number of likely N-dealkylation sites (N-methyl/N-ethyl adjacent to an activating group) is 1. The molecular formula is C11H24NO4+. The number of likely N-dealkylation sites (tertiary alicyclic amines) is 1. The first-order valence-electron chi connectivity index (χ1n) is 5.95. The van der Waals surface area contributed by atoms with Crippen LogP contribution in [0.3, 0.4) is 0 Å². The molecule has 1 saturated heterocycles. The predicted octanol–water partition coefficient (Wildman–Crippen LogP) is -1.31. The number of rotatable bonds is 3. The SMILES string of the molecule is CCCC[N+]1(C)C[C@@H](O)[C@@H](O)[C@H](O)[C@H](O)C1. The van der Waals surface area contributed by atoms with E-state index in [0.717, 1.165) is 19.4 Å². The Labute approximate surface area is 96.5 Å². The zero-order valence-corrected chi connectivity index (χ0v) is 10.1. The summed E-state index contributed by atoms with van der Waals surface area (Å²) in [6.07, 6.45) is -2.41. The van der Waals surface area contributed by atoms with Gasteiger partial charge in [0.05, 0.1) is 13.6 Å².